The van der Waals surface area contributed by atoms with Crippen molar-refractivity contribution >= 4 is 22.8 Å². The van der Waals surface area contributed by atoms with Crippen LogP contribution < -0.4 is 4.90 Å². The molecular formula is C17H22N6O. The Morgan fingerprint density at radius 2 is 2.00 bits per heavy atom. The highest BCUT2D eigenvalue weighted by molar-refractivity contribution is 5.87. The van der Waals surface area contributed by atoms with Crippen LogP contribution in [-0.2, 0) is 11.8 Å². The molecule has 1 aliphatic carbocycles. The van der Waals surface area contributed by atoms with Crippen molar-refractivity contribution in [2.24, 2.45) is 13.0 Å². The summed E-state index contributed by atoms with van der Waals surface area (Å²) in [5, 5.41) is 5.24. The number of carbonyl (C=O) groups excluding carboxylic acids is 1. The van der Waals surface area contributed by atoms with Crippen LogP contribution in [0.4, 0.5) is 5.82 Å². The molecule has 0 radical (unpaired) electrons. The van der Waals surface area contributed by atoms with Gasteiger partial charge in [0.25, 0.3) is 0 Å². The fraction of sp³-hybridized carbons (Fsp3) is 0.529. The van der Waals surface area contributed by atoms with Gasteiger partial charge in [-0.05, 0) is 19.3 Å². The molecule has 1 amide bonds. The van der Waals surface area contributed by atoms with Gasteiger partial charge in [-0.1, -0.05) is 12.2 Å². The number of hydrogen-bond acceptors (Lipinski definition) is 5. The van der Waals surface area contributed by atoms with Crippen molar-refractivity contribution in [3.05, 3.63) is 24.7 Å². The lowest BCUT2D eigenvalue weighted by Gasteiger charge is -2.37. The molecule has 0 saturated carbocycles. The van der Waals surface area contributed by atoms with E-state index < -0.39 is 0 Å². The maximum Gasteiger partial charge on any atom is 0.226 e. The Kier molecular flexibility index (Phi) is 3.92. The normalized spacial score (nSPS) is 21.5. The Balaban J connectivity index is 1.45. The minimum Gasteiger partial charge on any atom is -0.352 e. The lowest BCUT2D eigenvalue weighted by Crippen LogP contribution is -2.50. The molecule has 1 saturated heterocycles. The molecular weight excluding hydrogens is 304 g/mol. The summed E-state index contributed by atoms with van der Waals surface area (Å²) in [4.78, 5) is 25.6. The largest absolute Gasteiger partial charge is 0.352 e. The molecule has 24 heavy (non-hydrogen) atoms. The standard InChI is InChI=1S/C17H22N6O/c1-21-15-14(11-20-21)16(19-12-18-15)22-7-9-23(10-8-22)17(24)13-5-3-2-4-6-13/h2-3,11-13H,4-10H2,1H3. The van der Waals surface area contributed by atoms with Crippen molar-refractivity contribution in [1.82, 2.24) is 24.6 Å². The molecule has 7 heteroatoms. The second kappa shape index (κ2) is 6.22. The highest BCUT2D eigenvalue weighted by Crippen LogP contribution is 2.25. The van der Waals surface area contributed by atoms with Gasteiger partial charge in [-0.15, -0.1) is 0 Å². The van der Waals surface area contributed by atoms with Crippen LogP contribution in [0.5, 0.6) is 0 Å². The van der Waals surface area contributed by atoms with Crippen molar-refractivity contribution in [2.45, 2.75) is 19.3 Å². The third-order valence-electron chi connectivity index (χ3n) is 5.02. The molecule has 1 unspecified atom stereocenters. The smallest absolute Gasteiger partial charge is 0.226 e. The first kappa shape index (κ1) is 15.1. The number of hydrogen-bond donors (Lipinski definition) is 0. The average Bonchev–Trinajstić information content (AvgIpc) is 3.03. The predicted molar refractivity (Wildman–Crippen MR) is 91.6 cm³/mol. The summed E-state index contributed by atoms with van der Waals surface area (Å²) in [7, 11) is 1.88. The number of carbonyl (C=O) groups is 1. The molecule has 4 rings (SSSR count). The summed E-state index contributed by atoms with van der Waals surface area (Å²) >= 11 is 0. The van der Waals surface area contributed by atoms with Gasteiger partial charge in [0.2, 0.25) is 5.91 Å². The Labute approximate surface area is 141 Å². The highest BCUT2D eigenvalue weighted by atomic mass is 16.2. The van der Waals surface area contributed by atoms with Crippen LogP contribution in [0.3, 0.4) is 0 Å². The quantitative estimate of drug-likeness (QED) is 0.780. The van der Waals surface area contributed by atoms with Crippen molar-refractivity contribution in [2.75, 3.05) is 31.1 Å². The predicted octanol–water partition coefficient (Wildman–Crippen LogP) is 1.37. The Bertz CT molecular complexity index is 774. The van der Waals surface area contributed by atoms with E-state index in [4.69, 9.17) is 0 Å². The minimum absolute atomic E-state index is 0.172. The monoisotopic (exact) mass is 326 g/mol. The second-order valence-electron chi connectivity index (χ2n) is 6.50. The van der Waals surface area contributed by atoms with Gasteiger partial charge in [-0.2, -0.15) is 5.10 Å². The van der Waals surface area contributed by atoms with E-state index in [0.717, 1.165) is 62.3 Å². The minimum atomic E-state index is 0.172. The zero-order valence-corrected chi connectivity index (χ0v) is 13.9. The Hall–Kier alpha value is -2.44. The molecule has 0 spiro atoms. The maximum atomic E-state index is 12.6. The van der Waals surface area contributed by atoms with Crippen molar-refractivity contribution in [3.8, 4) is 0 Å². The maximum absolute atomic E-state index is 12.6. The molecule has 2 aromatic rings. The van der Waals surface area contributed by atoms with E-state index in [2.05, 4.69) is 32.1 Å². The molecule has 1 fully saturated rings. The molecule has 1 atom stereocenters. The molecule has 126 valence electrons. The van der Waals surface area contributed by atoms with Gasteiger partial charge in [0.05, 0.1) is 11.6 Å². The number of fused-ring (bicyclic) bond motifs is 1. The first-order valence-corrected chi connectivity index (χ1v) is 8.55. The van der Waals surface area contributed by atoms with Crippen LogP contribution in [0.15, 0.2) is 24.7 Å². The number of piperazine rings is 1. The third-order valence-corrected chi connectivity index (χ3v) is 5.02. The number of aryl methyl sites for hydroxylation is 1. The molecule has 0 N–H and O–H groups in total. The SMILES string of the molecule is Cn1ncc2c(N3CCN(C(=O)C4CC=CCC4)CC3)ncnc21. The summed E-state index contributed by atoms with van der Waals surface area (Å²) in [6.45, 7) is 3.11. The van der Waals surface area contributed by atoms with Crippen LogP contribution in [0.25, 0.3) is 11.0 Å². The molecule has 1 aliphatic heterocycles. The van der Waals surface area contributed by atoms with Gasteiger partial charge in [0.1, 0.15) is 12.1 Å². The fourth-order valence-corrected chi connectivity index (χ4v) is 3.62. The third kappa shape index (κ3) is 2.64. The number of aromatic nitrogens is 4. The first-order valence-electron chi connectivity index (χ1n) is 8.55. The lowest BCUT2D eigenvalue weighted by molar-refractivity contribution is -0.136. The number of nitrogens with zero attached hydrogens (tertiary/aromatic N) is 6. The van der Waals surface area contributed by atoms with Crippen LogP contribution in [0.1, 0.15) is 19.3 Å². The molecule has 0 aromatic carbocycles. The molecule has 7 nitrogen and oxygen atoms in total. The van der Waals surface area contributed by atoms with E-state index in [1.165, 1.54) is 0 Å². The van der Waals surface area contributed by atoms with Gasteiger partial charge in [-0.25, -0.2) is 9.97 Å². The zero-order valence-electron chi connectivity index (χ0n) is 13.9. The number of allylic oxidation sites excluding steroid dienone is 2. The van der Waals surface area contributed by atoms with E-state index in [1.54, 1.807) is 11.0 Å². The van der Waals surface area contributed by atoms with Gasteiger partial charge in [0.15, 0.2) is 5.65 Å². The van der Waals surface area contributed by atoms with Gasteiger partial charge >= 0.3 is 0 Å². The first-order chi connectivity index (χ1) is 11.7. The molecule has 2 aromatic heterocycles. The van der Waals surface area contributed by atoms with E-state index in [-0.39, 0.29) is 5.92 Å². The fourth-order valence-electron chi connectivity index (χ4n) is 3.62. The summed E-state index contributed by atoms with van der Waals surface area (Å²) in [6, 6.07) is 0. The zero-order chi connectivity index (χ0) is 16.5. The number of anilines is 1. The summed E-state index contributed by atoms with van der Waals surface area (Å²) < 4.78 is 1.76. The highest BCUT2D eigenvalue weighted by Gasteiger charge is 2.28. The summed E-state index contributed by atoms with van der Waals surface area (Å²) in [6.07, 6.45) is 10.6. The number of rotatable bonds is 2. The van der Waals surface area contributed by atoms with Gasteiger partial charge < -0.3 is 9.80 Å². The van der Waals surface area contributed by atoms with Gasteiger partial charge in [0, 0.05) is 39.1 Å². The van der Waals surface area contributed by atoms with Crippen LogP contribution >= 0.6 is 0 Å². The average molecular weight is 326 g/mol. The van der Waals surface area contributed by atoms with E-state index in [0.29, 0.717) is 5.91 Å². The number of amides is 1. The van der Waals surface area contributed by atoms with Crippen LogP contribution in [0, 0.1) is 5.92 Å². The van der Waals surface area contributed by atoms with Crippen LogP contribution in [-0.4, -0.2) is 56.7 Å². The van der Waals surface area contributed by atoms with E-state index in [9.17, 15) is 4.79 Å². The molecule has 2 aliphatic rings. The van der Waals surface area contributed by atoms with E-state index >= 15 is 0 Å². The van der Waals surface area contributed by atoms with Gasteiger partial charge in [-0.3, -0.25) is 9.48 Å². The van der Waals surface area contributed by atoms with Crippen LogP contribution in [0.2, 0.25) is 0 Å². The van der Waals surface area contributed by atoms with E-state index in [1.807, 2.05) is 18.1 Å². The lowest BCUT2D eigenvalue weighted by atomic mass is 9.93. The summed E-state index contributed by atoms with van der Waals surface area (Å²) in [5.41, 5.74) is 0.840. The second-order valence-corrected chi connectivity index (χ2v) is 6.50. The Morgan fingerprint density at radius 3 is 2.75 bits per heavy atom. The molecule has 3 heterocycles. The molecule has 0 bridgehead atoms. The summed E-state index contributed by atoms with van der Waals surface area (Å²) in [5.74, 6) is 1.40. The topological polar surface area (TPSA) is 67.2 Å². The van der Waals surface area contributed by atoms with Crippen molar-refractivity contribution in [3.63, 3.8) is 0 Å². The Morgan fingerprint density at radius 1 is 1.17 bits per heavy atom. The van der Waals surface area contributed by atoms with Crippen molar-refractivity contribution in [1.29, 1.82) is 0 Å². The van der Waals surface area contributed by atoms with Crippen molar-refractivity contribution < 1.29 is 4.79 Å².